The summed E-state index contributed by atoms with van der Waals surface area (Å²) in [5.41, 5.74) is 5.04. The summed E-state index contributed by atoms with van der Waals surface area (Å²) in [7, 11) is 0. The van der Waals surface area contributed by atoms with Crippen molar-refractivity contribution in [1.82, 2.24) is 19.6 Å². The van der Waals surface area contributed by atoms with E-state index < -0.39 is 0 Å². The number of nitrogens with one attached hydrogen (secondary N) is 1. The second-order valence-electron chi connectivity index (χ2n) is 6.42. The Morgan fingerprint density at radius 2 is 2.08 bits per heavy atom. The van der Waals surface area contributed by atoms with Crippen LogP contribution in [0.25, 0.3) is 0 Å². The molecule has 0 aliphatic heterocycles. The number of hydrogen-bond donors (Lipinski definition) is 1. The minimum Gasteiger partial charge on any atom is -0.326 e. The third-order valence-corrected chi connectivity index (χ3v) is 5.31. The van der Waals surface area contributed by atoms with Crippen molar-refractivity contribution >= 4 is 27.5 Å². The van der Waals surface area contributed by atoms with Gasteiger partial charge in [0.1, 0.15) is 0 Å². The number of aryl methyl sites for hydroxylation is 3. The Labute approximate surface area is 161 Å². The van der Waals surface area contributed by atoms with E-state index in [1.807, 2.05) is 55.9 Å². The lowest BCUT2D eigenvalue weighted by Crippen LogP contribution is -2.15. The molecule has 0 radical (unpaired) electrons. The van der Waals surface area contributed by atoms with Crippen LogP contribution < -0.4 is 5.32 Å². The van der Waals surface area contributed by atoms with E-state index in [4.69, 9.17) is 0 Å². The Bertz CT molecular complexity index is 928. The molecule has 1 N–H and O–H groups in total. The molecule has 1 aromatic carbocycles. The molecule has 0 fully saturated rings. The SMILES string of the molecule is Cc1cnn(CCC(=O)Nc2cccc(Cn3nc(C)c(Br)c3C)c2)c1. The van der Waals surface area contributed by atoms with Gasteiger partial charge in [-0.25, -0.2) is 0 Å². The zero-order chi connectivity index (χ0) is 18.7. The first-order chi connectivity index (χ1) is 12.4. The van der Waals surface area contributed by atoms with Crippen LogP contribution in [0.2, 0.25) is 0 Å². The number of nitrogens with zero attached hydrogens (tertiary/aromatic N) is 4. The van der Waals surface area contributed by atoms with Crippen LogP contribution in [0.1, 0.15) is 28.9 Å². The molecule has 3 rings (SSSR count). The van der Waals surface area contributed by atoms with Crippen molar-refractivity contribution in [2.24, 2.45) is 0 Å². The van der Waals surface area contributed by atoms with Gasteiger partial charge in [-0.15, -0.1) is 0 Å². The first-order valence-electron chi connectivity index (χ1n) is 8.49. The molecular formula is C19H22BrN5O. The number of hydrogen-bond acceptors (Lipinski definition) is 3. The van der Waals surface area contributed by atoms with Crippen LogP contribution in [0.15, 0.2) is 41.1 Å². The van der Waals surface area contributed by atoms with Crippen molar-refractivity contribution in [1.29, 1.82) is 0 Å². The summed E-state index contributed by atoms with van der Waals surface area (Å²) in [4.78, 5) is 12.2. The normalized spacial score (nSPS) is 10.9. The lowest BCUT2D eigenvalue weighted by molar-refractivity contribution is -0.116. The Balaban J connectivity index is 1.61. The maximum atomic E-state index is 12.2. The van der Waals surface area contributed by atoms with Crippen molar-refractivity contribution in [3.05, 3.63) is 63.6 Å². The van der Waals surface area contributed by atoms with Crippen LogP contribution in [-0.2, 0) is 17.9 Å². The molecule has 0 aliphatic rings. The zero-order valence-electron chi connectivity index (χ0n) is 15.2. The minimum absolute atomic E-state index is 0.0239. The number of carbonyl (C=O) groups excluding carboxylic acids is 1. The van der Waals surface area contributed by atoms with Gasteiger partial charge in [-0.05, 0) is 60.0 Å². The van der Waals surface area contributed by atoms with E-state index in [1.165, 1.54) is 0 Å². The molecule has 26 heavy (non-hydrogen) atoms. The van der Waals surface area contributed by atoms with Crippen LogP contribution in [0.3, 0.4) is 0 Å². The van der Waals surface area contributed by atoms with Gasteiger partial charge in [0.05, 0.1) is 28.6 Å². The van der Waals surface area contributed by atoms with Gasteiger partial charge in [-0.1, -0.05) is 12.1 Å². The maximum absolute atomic E-state index is 12.2. The fourth-order valence-electron chi connectivity index (χ4n) is 2.78. The first kappa shape index (κ1) is 18.4. The summed E-state index contributed by atoms with van der Waals surface area (Å²) >= 11 is 3.55. The zero-order valence-corrected chi connectivity index (χ0v) is 16.7. The molecule has 2 aromatic heterocycles. The predicted octanol–water partition coefficient (Wildman–Crippen LogP) is 3.84. The molecular weight excluding hydrogens is 394 g/mol. The van der Waals surface area contributed by atoms with Gasteiger partial charge in [0.15, 0.2) is 0 Å². The van der Waals surface area contributed by atoms with E-state index in [1.54, 1.807) is 10.9 Å². The second kappa shape index (κ2) is 7.86. The monoisotopic (exact) mass is 415 g/mol. The van der Waals surface area contributed by atoms with E-state index >= 15 is 0 Å². The molecule has 0 spiro atoms. The van der Waals surface area contributed by atoms with Crippen molar-refractivity contribution in [3.63, 3.8) is 0 Å². The molecule has 7 heteroatoms. The Morgan fingerprint density at radius 1 is 1.27 bits per heavy atom. The van der Waals surface area contributed by atoms with Gasteiger partial charge >= 0.3 is 0 Å². The minimum atomic E-state index is -0.0239. The number of halogens is 1. The summed E-state index contributed by atoms with van der Waals surface area (Å²) in [5, 5.41) is 11.7. The van der Waals surface area contributed by atoms with E-state index in [0.29, 0.717) is 19.5 Å². The summed E-state index contributed by atoms with van der Waals surface area (Å²) < 4.78 is 4.78. The number of aromatic nitrogens is 4. The topological polar surface area (TPSA) is 64.7 Å². The molecule has 2 heterocycles. The van der Waals surface area contributed by atoms with Gasteiger partial charge in [0, 0.05) is 24.8 Å². The maximum Gasteiger partial charge on any atom is 0.226 e. The van der Waals surface area contributed by atoms with Crippen LogP contribution in [0.5, 0.6) is 0 Å². The lowest BCUT2D eigenvalue weighted by atomic mass is 10.2. The standard InChI is InChI=1S/C19H22BrN5O/c1-13-10-21-24(11-13)8-7-18(26)22-17-6-4-5-16(9-17)12-25-15(3)19(20)14(2)23-25/h4-6,9-11H,7-8,12H2,1-3H3,(H,22,26). The highest BCUT2D eigenvalue weighted by Crippen LogP contribution is 2.21. The van der Waals surface area contributed by atoms with E-state index in [9.17, 15) is 4.79 Å². The highest BCUT2D eigenvalue weighted by atomic mass is 79.9. The van der Waals surface area contributed by atoms with E-state index in [-0.39, 0.29) is 5.91 Å². The quantitative estimate of drug-likeness (QED) is 0.664. The number of amides is 1. The number of benzene rings is 1. The average molecular weight is 416 g/mol. The Kier molecular flexibility index (Phi) is 5.56. The van der Waals surface area contributed by atoms with Crippen LogP contribution in [0, 0.1) is 20.8 Å². The van der Waals surface area contributed by atoms with E-state index in [2.05, 4.69) is 31.4 Å². The molecule has 0 saturated carbocycles. The fourth-order valence-corrected chi connectivity index (χ4v) is 3.06. The number of rotatable bonds is 6. The van der Waals surface area contributed by atoms with Crippen LogP contribution >= 0.6 is 15.9 Å². The third-order valence-electron chi connectivity index (χ3n) is 4.17. The lowest BCUT2D eigenvalue weighted by Gasteiger charge is -2.09. The fraction of sp³-hybridized carbons (Fsp3) is 0.316. The number of anilines is 1. The summed E-state index contributed by atoms with van der Waals surface area (Å²) in [6, 6.07) is 7.87. The molecule has 0 unspecified atom stereocenters. The molecule has 1 amide bonds. The molecule has 6 nitrogen and oxygen atoms in total. The molecule has 136 valence electrons. The highest BCUT2D eigenvalue weighted by Gasteiger charge is 2.10. The first-order valence-corrected chi connectivity index (χ1v) is 9.29. The summed E-state index contributed by atoms with van der Waals surface area (Å²) in [6.07, 6.45) is 4.11. The van der Waals surface area contributed by atoms with Gasteiger partial charge in [-0.2, -0.15) is 10.2 Å². The van der Waals surface area contributed by atoms with Crippen LogP contribution in [0.4, 0.5) is 5.69 Å². The largest absolute Gasteiger partial charge is 0.326 e. The highest BCUT2D eigenvalue weighted by molar-refractivity contribution is 9.10. The molecule has 0 atom stereocenters. The predicted molar refractivity (Wildman–Crippen MR) is 105 cm³/mol. The van der Waals surface area contributed by atoms with Gasteiger partial charge in [0.2, 0.25) is 5.91 Å². The second-order valence-corrected chi connectivity index (χ2v) is 7.21. The van der Waals surface area contributed by atoms with Gasteiger partial charge in [0.25, 0.3) is 0 Å². The summed E-state index contributed by atoms with van der Waals surface area (Å²) in [5.74, 6) is -0.0239. The van der Waals surface area contributed by atoms with Gasteiger partial charge in [-0.3, -0.25) is 14.2 Å². The van der Waals surface area contributed by atoms with Crippen molar-refractivity contribution in [2.75, 3.05) is 5.32 Å². The Morgan fingerprint density at radius 3 is 2.73 bits per heavy atom. The molecule has 0 saturated heterocycles. The van der Waals surface area contributed by atoms with Crippen molar-refractivity contribution in [2.45, 2.75) is 40.3 Å². The Hall–Kier alpha value is -2.41. The smallest absolute Gasteiger partial charge is 0.226 e. The van der Waals surface area contributed by atoms with Crippen LogP contribution in [-0.4, -0.2) is 25.5 Å². The third kappa shape index (κ3) is 4.40. The average Bonchev–Trinajstić information content (AvgIpc) is 3.12. The number of carbonyl (C=O) groups is 1. The van der Waals surface area contributed by atoms with E-state index in [0.717, 1.165) is 32.7 Å². The molecule has 3 aromatic rings. The molecule has 0 aliphatic carbocycles. The van der Waals surface area contributed by atoms with Crippen molar-refractivity contribution in [3.8, 4) is 0 Å². The summed E-state index contributed by atoms with van der Waals surface area (Å²) in [6.45, 7) is 7.22. The molecule has 0 bridgehead atoms. The van der Waals surface area contributed by atoms with Crippen molar-refractivity contribution < 1.29 is 4.79 Å². The van der Waals surface area contributed by atoms with Gasteiger partial charge < -0.3 is 5.32 Å².